The van der Waals surface area contributed by atoms with Crippen LogP contribution in [0.2, 0.25) is 0 Å². The Balaban J connectivity index is 1.01. The maximum atomic E-state index is 6.19. The van der Waals surface area contributed by atoms with Crippen molar-refractivity contribution in [3.63, 3.8) is 0 Å². The lowest BCUT2D eigenvalue weighted by Crippen LogP contribution is -2.15. The molecule has 0 N–H and O–H groups in total. The quantitative estimate of drug-likeness (QED) is 0.178. The number of rotatable bonds is 4. The molecule has 1 aliphatic rings. The lowest BCUT2D eigenvalue weighted by molar-refractivity contribution is 0.669. The molecule has 0 saturated heterocycles. The Morgan fingerprint density at radius 1 is 0.322 bits per heavy atom. The molecule has 1 aliphatic heterocycles. The molecule has 9 aromatic carbocycles. The Labute approximate surface area is 343 Å². The van der Waals surface area contributed by atoms with Gasteiger partial charge in [0, 0.05) is 59.2 Å². The first kappa shape index (κ1) is 32.6. The first-order chi connectivity index (χ1) is 29.2. The lowest BCUT2D eigenvalue weighted by atomic mass is 10.0. The SMILES string of the molecule is c1cc(-c2ccc3oc4ccccc4c3c2)cc(N2c3ccc(-n4c5ccccc5c5ccccc54)cc3Sc3cc(-n4c5ccccc5c5ccccc54)ccc32)c1. The Morgan fingerprint density at radius 3 is 1.36 bits per heavy atom. The van der Waals surface area contributed by atoms with Crippen molar-refractivity contribution in [3.05, 3.63) is 200 Å². The molecule has 0 atom stereocenters. The summed E-state index contributed by atoms with van der Waals surface area (Å²) in [5.41, 5.74) is 14.6. The fourth-order valence-corrected chi connectivity index (χ4v) is 10.6. The van der Waals surface area contributed by atoms with Crippen LogP contribution in [0.25, 0.3) is 88.1 Å². The molecule has 59 heavy (non-hydrogen) atoms. The maximum absolute atomic E-state index is 6.19. The first-order valence-electron chi connectivity index (χ1n) is 20.0. The summed E-state index contributed by atoms with van der Waals surface area (Å²) in [7, 11) is 0. The van der Waals surface area contributed by atoms with Crippen LogP contribution in [0.15, 0.2) is 214 Å². The fraction of sp³-hybridized carbons (Fsp3) is 0. The molecule has 13 rings (SSSR count). The largest absolute Gasteiger partial charge is 0.456 e. The van der Waals surface area contributed by atoms with Crippen molar-refractivity contribution in [2.75, 3.05) is 4.90 Å². The molecule has 0 spiro atoms. The zero-order valence-corrected chi connectivity index (χ0v) is 32.5. The van der Waals surface area contributed by atoms with Gasteiger partial charge in [-0.05, 0) is 102 Å². The van der Waals surface area contributed by atoms with E-state index >= 15 is 0 Å². The molecule has 0 saturated carbocycles. The van der Waals surface area contributed by atoms with E-state index in [0.29, 0.717) is 0 Å². The van der Waals surface area contributed by atoms with Crippen LogP contribution in [0.3, 0.4) is 0 Å². The van der Waals surface area contributed by atoms with Gasteiger partial charge in [0.1, 0.15) is 11.2 Å². The van der Waals surface area contributed by atoms with Crippen molar-refractivity contribution in [1.82, 2.24) is 9.13 Å². The molecule has 12 aromatic rings. The minimum Gasteiger partial charge on any atom is -0.456 e. The number of furan rings is 1. The van der Waals surface area contributed by atoms with Gasteiger partial charge in [0.05, 0.1) is 33.4 Å². The van der Waals surface area contributed by atoms with Crippen LogP contribution >= 0.6 is 11.8 Å². The van der Waals surface area contributed by atoms with Gasteiger partial charge in [-0.25, -0.2) is 0 Å². The van der Waals surface area contributed by atoms with E-state index in [-0.39, 0.29) is 0 Å². The smallest absolute Gasteiger partial charge is 0.135 e. The van der Waals surface area contributed by atoms with Crippen molar-refractivity contribution in [2.24, 2.45) is 0 Å². The second-order valence-corrected chi connectivity index (χ2v) is 16.4. The first-order valence-corrected chi connectivity index (χ1v) is 20.8. The maximum Gasteiger partial charge on any atom is 0.135 e. The van der Waals surface area contributed by atoms with Crippen molar-refractivity contribution < 1.29 is 4.42 Å². The molecule has 0 bridgehead atoms. The van der Waals surface area contributed by atoms with Gasteiger partial charge in [0.25, 0.3) is 0 Å². The molecular formula is C54H33N3OS. The minimum absolute atomic E-state index is 0.903. The predicted octanol–water partition coefficient (Wildman–Crippen LogP) is 15.4. The highest BCUT2D eigenvalue weighted by molar-refractivity contribution is 7.99. The highest BCUT2D eigenvalue weighted by Crippen LogP contribution is 2.53. The van der Waals surface area contributed by atoms with Crippen LogP contribution < -0.4 is 4.90 Å². The van der Waals surface area contributed by atoms with Gasteiger partial charge in [-0.2, -0.15) is 0 Å². The zero-order chi connectivity index (χ0) is 38.6. The monoisotopic (exact) mass is 771 g/mol. The number of aromatic nitrogens is 2. The van der Waals surface area contributed by atoms with Gasteiger partial charge in [0.2, 0.25) is 0 Å². The summed E-state index contributed by atoms with van der Waals surface area (Å²) in [5.74, 6) is 0. The van der Waals surface area contributed by atoms with E-state index in [0.717, 1.165) is 61.5 Å². The van der Waals surface area contributed by atoms with E-state index in [1.807, 2.05) is 23.9 Å². The van der Waals surface area contributed by atoms with E-state index in [4.69, 9.17) is 4.42 Å². The average molecular weight is 772 g/mol. The molecule has 0 radical (unpaired) electrons. The summed E-state index contributed by atoms with van der Waals surface area (Å²) in [6, 6.07) is 72.7. The third kappa shape index (κ3) is 4.86. The standard InChI is InChI=1S/C54H33N3OS/c1-6-19-45-39(14-1)40-15-2-7-20-46(40)55(45)37-25-27-49-53(32-37)59-54-33-38(56-47-21-8-3-16-41(47)42-17-4-9-22-48(42)56)26-28-50(54)57(49)36-13-11-12-34(30-36)35-24-29-52-44(31-35)43-18-5-10-23-51(43)58-52/h1-33H. The number of hydrogen-bond donors (Lipinski definition) is 0. The third-order valence-electron chi connectivity index (χ3n) is 12.1. The van der Waals surface area contributed by atoms with Gasteiger partial charge in [-0.1, -0.05) is 121 Å². The molecule has 0 unspecified atom stereocenters. The summed E-state index contributed by atoms with van der Waals surface area (Å²) < 4.78 is 11.0. The Bertz CT molecular complexity index is 3410. The van der Waals surface area contributed by atoms with Gasteiger partial charge in [-0.15, -0.1) is 0 Å². The Hall–Kier alpha value is -7.47. The lowest BCUT2D eigenvalue weighted by Gasteiger charge is -2.34. The summed E-state index contributed by atoms with van der Waals surface area (Å²) in [4.78, 5) is 4.85. The highest BCUT2D eigenvalue weighted by atomic mass is 32.2. The van der Waals surface area contributed by atoms with E-state index < -0.39 is 0 Å². The van der Waals surface area contributed by atoms with Crippen LogP contribution in [0.4, 0.5) is 17.1 Å². The molecule has 5 heteroatoms. The number of fused-ring (bicyclic) bond motifs is 11. The topological polar surface area (TPSA) is 26.2 Å². The number of hydrogen-bond acceptors (Lipinski definition) is 3. The van der Waals surface area contributed by atoms with Crippen molar-refractivity contribution in [2.45, 2.75) is 9.79 Å². The third-order valence-corrected chi connectivity index (χ3v) is 13.2. The van der Waals surface area contributed by atoms with Crippen LogP contribution in [-0.2, 0) is 0 Å². The molecule has 0 aliphatic carbocycles. The van der Waals surface area contributed by atoms with E-state index in [1.54, 1.807) is 0 Å². The van der Waals surface area contributed by atoms with E-state index in [2.05, 4.69) is 202 Å². The number of nitrogens with zero attached hydrogens (tertiary/aromatic N) is 3. The second-order valence-electron chi connectivity index (χ2n) is 15.3. The molecule has 0 fully saturated rings. The number of benzene rings is 9. The van der Waals surface area contributed by atoms with Gasteiger partial charge in [0.15, 0.2) is 0 Å². The Morgan fingerprint density at radius 2 is 0.797 bits per heavy atom. The van der Waals surface area contributed by atoms with Crippen molar-refractivity contribution in [3.8, 4) is 22.5 Å². The summed E-state index contributed by atoms with van der Waals surface area (Å²) in [5, 5.41) is 7.30. The zero-order valence-electron chi connectivity index (χ0n) is 31.7. The van der Waals surface area contributed by atoms with Gasteiger partial charge >= 0.3 is 0 Å². The number of para-hydroxylation sites is 5. The summed E-state index contributed by atoms with van der Waals surface area (Å²) in [6.45, 7) is 0. The van der Waals surface area contributed by atoms with Crippen LogP contribution in [0.5, 0.6) is 0 Å². The molecule has 0 amide bonds. The van der Waals surface area contributed by atoms with Crippen molar-refractivity contribution in [1.29, 1.82) is 0 Å². The molecular weight excluding hydrogens is 739 g/mol. The van der Waals surface area contributed by atoms with Crippen molar-refractivity contribution >= 4 is 94.4 Å². The van der Waals surface area contributed by atoms with Gasteiger partial charge < -0.3 is 18.5 Å². The summed E-state index contributed by atoms with van der Waals surface area (Å²) in [6.07, 6.45) is 0. The Kier molecular flexibility index (Phi) is 6.91. The second kappa shape index (κ2) is 12.5. The fourth-order valence-electron chi connectivity index (χ4n) is 9.47. The highest BCUT2D eigenvalue weighted by Gasteiger charge is 2.27. The normalized spacial score (nSPS) is 12.6. The minimum atomic E-state index is 0.903. The molecule has 3 aromatic heterocycles. The predicted molar refractivity (Wildman–Crippen MR) is 247 cm³/mol. The molecule has 4 nitrogen and oxygen atoms in total. The van der Waals surface area contributed by atoms with Crippen LogP contribution in [-0.4, -0.2) is 9.13 Å². The van der Waals surface area contributed by atoms with E-state index in [9.17, 15) is 0 Å². The molecule has 4 heterocycles. The van der Waals surface area contributed by atoms with E-state index in [1.165, 1.54) is 53.4 Å². The van der Waals surface area contributed by atoms with Crippen LogP contribution in [0, 0.1) is 0 Å². The molecule has 276 valence electrons. The number of anilines is 3. The average Bonchev–Trinajstić information content (AvgIpc) is 3.95. The van der Waals surface area contributed by atoms with Crippen LogP contribution in [0.1, 0.15) is 0 Å². The van der Waals surface area contributed by atoms with Gasteiger partial charge in [-0.3, -0.25) is 0 Å². The summed E-state index contributed by atoms with van der Waals surface area (Å²) >= 11 is 1.85.